The first-order valence-corrected chi connectivity index (χ1v) is 25.1. The van der Waals surface area contributed by atoms with E-state index < -0.39 is 0 Å². The van der Waals surface area contributed by atoms with Crippen LogP contribution in [-0.4, -0.2) is 6.72 Å². The third-order valence-corrected chi connectivity index (χ3v) is 14.8. The minimum atomic E-state index is 0.827. The maximum atomic E-state index is 4.71. The molecule has 2 aliphatic heterocycles. The van der Waals surface area contributed by atoms with Crippen LogP contribution >= 0.6 is 0 Å². The molecule has 0 unspecified atom stereocenters. The van der Waals surface area contributed by atoms with Crippen LogP contribution in [0.4, 0.5) is 5.69 Å². The van der Waals surface area contributed by atoms with Gasteiger partial charge < -0.3 is 0 Å². The highest BCUT2D eigenvalue weighted by Crippen LogP contribution is 2.41. The van der Waals surface area contributed by atoms with Crippen LogP contribution in [0.3, 0.4) is 0 Å². The van der Waals surface area contributed by atoms with Crippen molar-refractivity contribution in [2.75, 3.05) is 0 Å². The Morgan fingerprint density at radius 1 is 0.370 bits per heavy atom. The van der Waals surface area contributed by atoms with E-state index in [2.05, 4.69) is 283 Å². The summed E-state index contributed by atoms with van der Waals surface area (Å²) in [6.45, 7) is 6.35. The second-order valence-corrected chi connectivity index (χ2v) is 19.1. The second-order valence-electron chi connectivity index (χ2n) is 19.1. The predicted octanol–water partition coefficient (Wildman–Crippen LogP) is 15.9. The molecule has 73 heavy (non-hydrogen) atoms. The van der Waals surface area contributed by atoms with Crippen molar-refractivity contribution in [2.24, 2.45) is 4.99 Å². The monoisotopic (exact) mass is 935 g/mol. The number of aliphatic imine (C=N–C) groups is 1. The van der Waals surface area contributed by atoms with Crippen molar-refractivity contribution in [1.82, 2.24) is 0 Å². The van der Waals surface area contributed by atoms with Crippen molar-refractivity contribution in [3.8, 4) is 78.3 Å². The molecule has 8 bridgehead atoms. The number of rotatable bonds is 2. The van der Waals surface area contributed by atoms with Crippen LogP contribution in [0.25, 0.3) is 120 Å². The van der Waals surface area contributed by atoms with Gasteiger partial charge in [0.15, 0.2) is 37.2 Å². The first kappa shape index (κ1) is 43.6. The van der Waals surface area contributed by atoms with Crippen molar-refractivity contribution in [3.05, 3.63) is 259 Å². The number of benzene rings is 7. The molecule has 0 saturated carbocycles. The smallest absolute Gasteiger partial charge is 0.220 e. The quantitative estimate of drug-likeness (QED) is 0.122. The molecule has 7 aromatic carbocycles. The van der Waals surface area contributed by atoms with Crippen molar-refractivity contribution in [2.45, 2.75) is 19.8 Å². The third kappa shape index (κ3) is 8.00. The summed E-state index contributed by atoms with van der Waals surface area (Å²) in [6.07, 6.45) is 19.8. The first-order valence-electron chi connectivity index (χ1n) is 25.1. The Morgan fingerprint density at radius 3 is 1.70 bits per heavy atom. The summed E-state index contributed by atoms with van der Waals surface area (Å²) in [5, 5.41) is 0. The van der Waals surface area contributed by atoms with E-state index in [9.17, 15) is 0 Å². The number of fused-ring (bicyclic) bond motifs is 8. The number of allylic oxidation sites excluding steroid dienone is 4. The summed E-state index contributed by atoms with van der Waals surface area (Å²) >= 11 is 0. The molecule has 3 aromatic heterocycles. The molecule has 14 rings (SSSR count). The van der Waals surface area contributed by atoms with Gasteiger partial charge >= 0.3 is 0 Å². The molecule has 4 heteroatoms. The van der Waals surface area contributed by atoms with E-state index >= 15 is 0 Å². The van der Waals surface area contributed by atoms with Gasteiger partial charge in [-0.2, -0.15) is 13.7 Å². The standard InChI is InChI=1S/C69H51N4/c1-47-44-73-39-36-49(48-16-4-3-5-17-48)43-69(73)64-34-31-51-41-53(64)27-29-55(61-22-10-9-21-60(51)61)45-71-37-14-12-24-67(71)63-33-30-50-40-52(63)26-28-56(62-23-11-8-20-59(50)62)46-72-38-15-13-25-68(72)65-35-32-54(42-66(65)70-2)58-19-7-6-18-57(47)58/h3-25,27,29-46H,2,26,28H2,1H3/q+3. The van der Waals surface area contributed by atoms with Crippen molar-refractivity contribution in [3.63, 3.8) is 0 Å². The molecule has 0 spiro atoms. The molecule has 0 saturated heterocycles. The van der Waals surface area contributed by atoms with Crippen molar-refractivity contribution >= 4 is 53.8 Å². The van der Waals surface area contributed by atoms with E-state index in [1.807, 2.05) is 0 Å². The Hall–Kier alpha value is -9.38. The van der Waals surface area contributed by atoms with Gasteiger partial charge in [0.25, 0.3) is 0 Å². The van der Waals surface area contributed by atoms with E-state index in [1.165, 1.54) is 55.6 Å². The maximum absolute atomic E-state index is 4.71. The molecule has 0 amide bonds. The molecule has 0 N–H and O–H groups in total. The first-order chi connectivity index (χ1) is 36.0. The molecule has 10 aromatic rings. The van der Waals surface area contributed by atoms with Crippen LogP contribution in [0, 0.1) is 0 Å². The van der Waals surface area contributed by atoms with Gasteiger partial charge in [-0.05, 0) is 147 Å². The Kier molecular flexibility index (Phi) is 11.0. The Bertz CT molecular complexity index is 4000. The summed E-state index contributed by atoms with van der Waals surface area (Å²) in [5.74, 6) is 0. The Balaban J connectivity index is 1.07. The Morgan fingerprint density at radius 2 is 0.945 bits per heavy atom. The lowest BCUT2D eigenvalue weighted by atomic mass is 9.85. The van der Waals surface area contributed by atoms with Gasteiger partial charge in [-0.25, -0.2) is 0 Å². The van der Waals surface area contributed by atoms with Crippen LogP contribution in [0.5, 0.6) is 0 Å². The van der Waals surface area contributed by atoms with Gasteiger partial charge in [0, 0.05) is 58.7 Å². The zero-order chi connectivity index (χ0) is 48.8. The van der Waals surface area contributed by atoms with Crippen LogP contribution in [0.15, 0.2) is 236 Å². The molecule has 4 aliphatic rings. The van der Waals surface area contributed by atoms with Gasteiger partial charge in [-0.3, -0.25) is 4.99 Å². The molecular formula is C69H51N4+3. The van der Waals surface area contributed by atoms with Crippen molar-refractivity contribution < 1.29 is 13.7 Å². The third-order valence-electron chi connectivity index (χ3n) is 14.8. The van der Waals surface area contributed by atoms with E-state index in [-0.39, 0.29) is 0 Å². The summed E-state index contributed by atoms with van der Waals surface area (Å²) in [5.41, 5.74) is 26.4. The summed E-state index contributed by atoms with van der Waals surface area (Å²) in [6, 6.07) is 75.2. The van der Waals surface area contributed by atoms with E-state index in [4.69, 9.17) is 4.99 Å². The van der Waals surface area contributed by atoms with Crippen LogP contribution in [-0.2, 0) is 6.42 Å². The second kappa shape index (κ2) is 18.4. The topological polar surface area (TPSA) is 24.0 Å². The van der Waals surface area contributed by atoms with E-state index in [0.717, 1.165) is 85.7 Å². The number of hydrogen-bond donors (Lipinski definition) is 0. The van der Waals surface area contributed by atoms with Gasteiger partial charge in [0.05, 0.1) is 16.8 Å². The average molecular weight is 936 g/mol. The number of aryl methyl sites for hydroxylation is 1. The molecule has 4 nitrogen and oxygen atoms in total. The number of aromatic nitrogens is 3. The normalized spacial score (nSPS) is 13.1. The fourth-order valence-corrected chi connectivity index (χ4v) is 11.2. The average Bonchev–Trinajstić information content (AvgIpc) is 3.45. The van der Waals surface area contributed by atoms with Crippen LogP contribution < -0.4 is 13.7 Å². The highest BCUT2D eigenvalue weighted by atomic mass is 15.0. The minimum Gasteiger partial charge on any atom is -0.264 e. The van der Waals surface area contributed by atoms with Crippen LogP contribution in [0.1, 0.15) is 41.2 Å². The summed E-state index contributed by atoms with van der Waals surface area (Å²) in [4.78, 5) is 4.71. The Labute approximate surface area is 427 Å². The highest BCUT2D eigenvalue weighted by Gasteiger charge is 2.26. The molecule has 0 radical (unpaired) electrons. The number of pyridine rings is 3. The SMILES string of the molecule is C=Nc1cc2ccc1-c1cccc[n+]1C=C1CCc3cc(ccc3-c3cccc[n+]3C=C3C=Cc4cc(ccc4-c4cc(-c5ccccc5)cc[n+]4C=C(C)c4ccccc4-2)-c2ccccc23)-c2ccccc21. The molecule has 344 valence electrons. The molecule has 0 fully saturated rings. The molecule has 0 atom stereocenters. The molecular weight excluding hydrogens is 885 g/mol. The van der Waals surface area contributed by atoms with Crippen molar-refractivity contribution in [1.29, 1.82) is 0 Å². The molecule has 5 heterocycles. The highest BCUT2D eigenvalue weighted by molar-refractivity contribution is 5.96. The number of nitrogens with zero attached hydrogens (tertiary/aromatic N) is 4. The largest absolute Gasteiger partial charge is 0.264 e. The van der Waals surface area contributed by atoms with E-state index in [0.29, 0.717) is 0 Å². The van der Waals surface area contributed by atoms with E-state index in [1.54, 1.807) is 0 Å². The lowest BCUT2D eigenvalue weighted by Crippen LogP contribution is -2.29. The molecule has 2 aliphatic carbocycles. The van der Waals surface area contributed by atoms with Gasteiger partial charge in [0.2, 0.25) is 17.1 Å². The number of hydrogen-bond acceptors (Lipinski definition) is 1. The fraction of sp³-hybridized carbons (Fsp3) is 0.0435. The van der Waals surface area contributed by atoms with Gasteiger partial charge in [-0.1, -0.05) is 133 Å². The fourth-order valence-electron chi connectivity index (χ4n) is 11.2. The van der Waals surface area contributed by atoms with Gasteiger partial charge in [0.1, 0.15) is 0 Å². The predicted molar refractivity (Wildman–Crippen MR) is 303 cm³/mol. The zero-order valence-electron chi connectivity index (χ0n) is 40.7. The minimum absolute atomic E-state index is 0.827. The van der Waals surface area contributed by atoms with Crippen LogP contribution in [0.2, 0.25) is 0 Å². The lowest BCUT2D eigenvalue weighted by Gasteiger charge is -2.19. The maximum Gasteiger partial charge on any atom is 0.220 e. The van der Waals surface area contributed by atoms with Gasteiger partial charge in [-0.15, -0.1) is 0 Å². The summed E-state index contributed by atoms with van der Waals surface area (Å²) in [7, 11) is 0. The summed E-state index contributed by atoms with van der Waals surface area (Å²) < 4.78 is 6.88. The lowest BCUT2D eigenvalue weighted by molar-refractivity contribution is -0.555. The zero-order valence-corrected chi connectivity index (χ0v) is 40.7.